The zero-order valence-corrected chi connectivity index (χ0v) is 6.33. The number of halogens is 1. The van der Waals surface area contributed by atoms with Crippen LogP contribution in [0.5, 0.6) is 0 Å². The van der Waals surface area contributed by atoms with Gasteiger partial charge in [-0.25, -0.2) is 4.39 Å². The number of furan rings is 1. The summed E-state index contributed by atoms with van der Waals surface area (Å²) in [5, 5.41) is 0. The van der Waals surface area contributed by atoms with Crippen molar-refractivity contribution in [3.8, 4) is 11.3 Å². The zero-order chi connectivity index (χ0) is 8.39. The van der Waals surface area contributed by atoms with Crippen LogP contribution in [0.2, 0.25) is 0 Å². The van der Waals surface area contributed by atoms with Crippen molar-refractivity contribution in [3.63, 3.8) is 0 Å². The number of rotatable bonds is 1. The summed E-state index contributed by atoms with van der Waals surface area (Å²) < 4.78 is 17.8. The number of benzene rings is 1. The SMILES string of the molecule is Fc1cccc(-c2ccco2)c1. The van der Waals surface area contributed by atoms with Gasteiger partial charge in [-0.15, -0.1) is 0 Å². The molecule has 0 spiro atoms. The third-order valence-corrected chi connectivity index (χ3v) is 1.63. The van der Waals surface area contributed by atoms with Gasteiger partial charge in [-0.3, -0.25) is 0 Å². The van der Waals surface area contributed by atoms with E-state index in [2.05, 4.69) is 0 Å². The Labute approximate surface area is 69.4 Å². The maximum Gasteiger partial charge on any atom is 0.133 e. The Morgan fingerprint density at radius 2 is 2.00 bits per heavy atom. The summed E-state index contributed by atoms with van der Waals surface area (Å²) in [6.45, 7) is 0. The molecule has 60 valence electrons. The lowest BCUT2D eigenvalue weighted by Crippen LogP contribution is -1.75. The van der Waals surface area contributed by atoms with Gasteiger partial charge in [0.15, 0.2) is 0 Å². The van der Waals surface area contributed by atoms with E-state index in [-0.39, 0.29) is 5.82 Å². The lowest BCUT2D eigenvalue weighted by atomic mass is 10.2. The molecule has 0 radical (unpaired) electrons. The van der Waals surface area contributed by atoms with Crippen LogP contribution in [0, 0.1) is 5.82 Å². The molecule has 1 nitrogen and oxygen atoms in total. The summed E-state index contributed by atoms with van der Waals surface area (Å²) in [6.07, 6.45) is 1.57. The first-order valence-corrected chi connectivity index (χ1v) is 3.66. The van der Waals surface area contributed by atoms with Crippen LogP contribution in [0.15, 0.2) is 47.1 Å². The first-order chi connectivity index (χ1) is 5.86. The summed E-state index contributed by atoms with van der Waals surface area (Å²) in [7, 11) is 0. The molecule has 12 heavy (non-hydrogen) atoms. The smallest absolute Gasteiger partial charge is 0.133 e. The first-order valence-electron chi connectivity index (χ1n) is 3.66. The lowest BCUT2D eigenvalue weighted by molar-refractivity contribution is 0.580. The van der Waals surface area contributed by atoms with E-state index < -0.39 is 0 Å². The van der Waals surface area contributed by atoms with E-state index in [9.17, 15) is 4.39 Å². The molecule has 0 aliphatic heterocycles. The summed E-state index contributed by atoms with van der Waals surface area (Å²) in [4.78, 5) is 0. The zero-order valence-electron chi connectivity index (χ0n) is 6.33. The molecule has 2 aromatic rings. The quantitative estimate of drug-likeness (QED) is 0.628. The monoisotopic (exact) mass is 162 g/mol. The van der Waals surface area contributed by atoms with E-state index >= 15 is 0 Å². The second-order valence-electron chi connectivity index (χ2n) is 2.49. The minimum Gasteiger partial charge on any atom is -0.464 e. The Kier molecular flexibility index (Phi) is 1.67. The van der Waals surface area contributed by atoms with Crippen LogP contribution >= 0.6 is 0 Å². The minimum atomic E-state index is -0.246. The highest BCUT2D eigenvalue weighted by molar-refractivity contribution is 5.56. The molecular weight excluding hydrogens is 155 g/mol. The van der Waals surface area contributed by atoms with Gasteiger partial charge in [-0.2, -0.15) is 0 Å². The summed E-state index contributed by atoms with van der Waals surface area (Å²) >= 11 is 0. The largest absolute Gasteiger partial charge is 0.464 e. The summed E-state index contributed by atoms with van der Waals surface area (Å²) in [5.41, 5.74) is 0.764. The molecule has 0 saturated carbocycles. The Bertz CT molecular complexity index is 365. The van der Waals surface area contributed by atoms with E-state index in [1.807, 2.05) is 6.07 Å². The fourth-order valence-electron chi connectivity index (χ4n) is 1.08. The van der Waals surface area contributed by atoms with Crippen molar-refractivity contribution in [1.29, 1.82) is 0 Å². The Hall–Kier alpha value is -1.57. The molecule has 0 saturated heterocycles. The lowest BCUT2D eigenvalue weighted by Gasteiger charge is -1.94. The predicted molar refractivity (Wildman–Crippen MR) is 44.1 cm³/mol. The molecule has 2 rings (SSSR count). The van der Waals surface area contributed by atoms with Crippen LogP contribution in [0.25, 0.3) is 11.3 Å². The Balaban J connectivity index is 2.48. The van der Waals surface area contributed by atoms with E-state index in [0.717, 1.165) is 5.56 Å². The molecule has 0 N–H and O–H groups in total. The van der Waals surface area contributed by atoms with Crippen LogP contribution in [0.4, 0.5) is 4.39 Å². The van der Waals surface area contributed by atoms with E-state index in [1.165, 1.54) is 12.1 Å². The Morgan fingerprint density at radius 3 is 2.67 bits per heavy atom. The average molecular weight is 162 g/mol. The Morgan fingerprint density at radius 1 is 1.08 bits per heavy atom. The topological polar surface area (TPSA) is 13.1 Å². The van der Waals surface area contributed by atoms with Gasteiger partial charge in [-0.1, -0.05) is 12.1 Å². The van der Waals surface area contributed by atoms with Gasteiger partial charge in [0.25, 0.3) is 0 Å². The normalized spacial score (nSPS) is 10.1. The van der Waals surface area contributed by atoms with Gasteiger partial charge in [-0.05, 0) is 24.3 Å². The maximum atomic E-state index is 12.7. The number of hydrogen-bond acceptors (Lipinski definition) is 1. The average Bonchev–Trinajstić information content (AvgIpc) is 2.56. The third kappa shape index (κ3) is 1.23. The molecule has 0 unspecified atom stereocenters. The maximum absolute atomic E-state index is 12.7. The third-order valence-electron chi connectivity index (χ3n) is 1.63. The minimum absolute atomic E-state index is 0.246. The predicted octanol–water partition coefficient (Wildman–Crippen LogP) is 3.09. The molecule has 1 heterocycles. The molecule has 1 aromatic carbocycles. The first kappa shape index (κ1) is 7.10. The highest BCUT2D eigenvalue weighted by atomic mass is 19.1. The molecule has 0 aliphatic carbocycles. The van der Waals surface area contributed by atoms with Crippen molar-refractivity contribution < 1.29 is 8.81 Å². The summed E-state index contributed by atoms with van der Waals surface area (Å²) in [5.74, 6) is 0.443. The second kappa shape index (κ2) is 2.81. The molecular formula is C10H7FO. The molecule has 0 atom stereocenters. The fraction of sp³-hybridized carbons (Fsp3) is 0. The summed E-state index contributed by atoms with van der Waals surface area (Å²) in [6, 6.07) is 9.90. The van der Waals surface area contributed by atoms with Crippen LogP contribution in [0.1, 0.15) is 0 Å². The van der Waals surface area contributed by atoms with Gasteiger partial charge in [0.05, 0.1) is 6.26 Å². The molecule has 1 aromatic heterocycles. The fourth-order valence-corrected chi connectivity index (χ4v) is 1.08. The van der Waals surface area contributed by atoms with Crippen LogP contribution in [-0.4, -0.2) is 0 Å². The van der Waals surface area contributed by atoms with Crippen molar-refractivity contribution in [2.75, 3.05) is 0 Å². The van der Waals surface area contributed by atoms with Crippen molar-refractivity contribution in [1.82, 2.24) is 0 Å². The van der Waals surface area contributed by atoms with Gasteiger partial charge in [0, 0.05) is 5.56 Å². The van der Waals surface area contributed by atoms with Crippen molar-refractivity contribution in [2.45, 2.75) is 0 Å². The standard InChI is InChI=1S/C10H7FO/c11-9-4-1-3-8(7-9)10-5-2-6-12-10/h1-7H. The van der Waals surface area contributed by atoms with Crippen LogP contribution in [0.3, 0.4) is 0 Å². The van der Waals surface area contributed by atoms with Crippen LogP contribution in [-0.2, 0) is 0 Å². The van der Waals surface area contributed by atoms with E-state index in [0.29, 0.717) is 5.76 Å². The molecule has 0 fully saturated rings. The number of hydrogen-bond donors (Lipinski definition) is 0. The van der Waals surface area contributed by atoms with Gasteiger partial charge >= 0.3 is 0 Å². The van der Waals surface area contributed by atoms with Gasteiger partial charge in [0.2, 0.25) is 0 Å². The van der Waals surface area contributed by atoms with E-state index in [1.54, 1.807) is 24.5 Å². The molecule has 0 bridgehead atoms. The van der Waals surface area contributed by atoms with Crippen molar-refractivity contribution in [3.05, 3.63) is 48.5 Å². The van der Waals surface area contributed by atoms with Gasteiger partial charge in [0.1, 0.15) is 11.6 Å². The molecule has 0 aliphatic rings. The second-order valence-corrected chi connectivity index (χ2v) is 2.49. The molecule has 2 heteroatoms. The van der Waals surface area contributed by atoms with Crippen molar-refractivity contribution >= 4 is 0 Å². The highest BCUT2D eigenvalue weighted by Gasteiger charge is 1.99. The van der Waals surface area contributed by atoms with Crippen LogP contribution < -0.4 is 0 Å². The molecule has 0 amide bonds. The highest BCUT2D eigenvalue weighted by Crippen LogP contribution is 2.19. The van der Waals surface area contributed by atoms with E-state index in [4.69, 9.17) is 4.42 Å². The van der Waals surface area contributed by atoms with Crippen molar-refractivity contribution in [2.24, 2.45) is 0 Å². The van der Waals surface area contributed by atoms with Gasteiger partial charge < -0.3 is 4.42 Å².